The molecule has 56 valence electrons. The minimum absolute atomic E-state index is 0.484. The van der Waals surface area contributed by atoms with Gasteiger partial charge in [0, 0.05) is 0 Å². The first kappa shape index (κ1) is 6.82. The summed E-state index contributed by atoms with van der Waals surface area (Å²) >= 11 is 7.15. The van der Waals surface area contributed by atoms with E-state index in [4.69, 9.17) is 17.3 Å². The first-order valence-corrected chi connectivity index (χ1v) is 4.12. The van der Waals surface area contributed by atoms with Crippen molar-refractivity contribution in [2.45, 2.75) is 0 Å². The van der Waals surface area contributed by atoms with Crippen LogP contribution in [0.4, 0.5) is 5.82 Å². The van der Waals surface area contributed by atoms with Crippen LogP contribution in [0.1, 0.15) is 0 Å². The number of nitrogens with zero attached hydrogens (tertiary/aromatic N) is 2. The molecular weight excluding hydrogens is 182 g/mol. The normalized spacial score (nSPS) is 10.6. The summed E-state index contributed by atoms with van der Waals surface area (Å²) in [4.78, 5) is 8.68. The van der Waals surface area contributed by atoms with E-state index in [1.807, 2.05) is 0 Å². The zero-order valence-corrected chi connectivity index (χ0v) is 6.99. The Morgan fingerprint density at radius 1 is 1.45 bits per heavy atom. The zero-order chi connectivity index (χ0) is 7.84. The summed E-state index contributed by atoms with van der Waals surface area (Å²) in [5.41, 5.74) is 5.57. The minimum Gasteiger partial charge on any atom is -0.383 e. The van der Waals surface area contributed by atoms with E-state index in [2.05, 4.69) is 9.97 Å². The van der Waals surface area contributed by atoms with Crippen LogP contribution in [0.15, 0.2) is 12.4 Å². The SMILES string of the molecule is Nc1ncnc2sc(Cl)cc12. The van der Waals surface area contributed by atoms with Gasteiger partial charge in [-0.2, -0.15) is 0 Å². The van der Waals surface area contributed by atoms with E-state index in [-0.39, 0.29) is 0 Å². The molecule has 0 aliphatic heterocycles. The van der Waals surface area contributed by atoms with Crippen LogP contribution < -0.4 is 5.73 Å². The van der Waals surface area contributed by atoms with E-state index < -0.39 is 0 Å². The standard InChI is InChI=1S/C6H4ClN3S/c7-4-1-3-5(8)9-2-10-6(3)11-4/h1-2H,(H2,8,9,10). The van der Waals surface area contributed by atoms with Crippen LogP contribution in [0, 0.1) is 0 Å². The lowest BCUT2D eigenvalue weighted by Gasteiger charge is -1.90. The van der Waals surface area contributed by atoms with Crippen LogP contribution in [-0.2, 0) is 0 Å². The van der Waals surface area contributed by atoms with E-state index in [9.17, 15) is 0 Å². The van der Waals surface area contributed by atoms with Crippen LogP contribution in [0.25, 0.3) is 10.2 Å². The molecule has 0 aliphatic rings. The number of rotatable bonds is 0. The van der Waals surface area contributed by atoms with Crippen molar-refractivity contribution in [3.8, 4) is 0 Å². The van der Waals surface area contributed by atoms with Gasteiger partial charge in [-0.15, -0.1) is 11.3 Å². The molecule has 0 bridgehead atoms. The van der Waals surface area contributed by atoms with E-state index in [0.717, 1.165) is 10.2 Å². The van der Waals surface area contributed by atoms with Crippen molar-refractivity contribution in [2.75, 3.05) is 5.73 Å². The molecule has 2 N–H and O–H groups in total. The lowest BCUT2D eigenvalue weighted by Crippen LogP contribution is -1.89. The molecule has 0 atom stereocenters. The maximum absolute atomic E-state index is 5.75. The molecule has 3 nitrogen and oxygen atoms in total. The van der Waals surface area contributed by atoms with Crippen molar-refractivity contribution in [1.82, 2.24) is 9.97 Å². The topological polar surface area (TPSA) is 51.8 Å². The van der Waals surface area contributed by atoms with Gasteiger partial charge in [0.15, 0.2) is 0 Å². The van der Waals surface area contributed by atoms with Crippen molar-refractivity contribution in [3.63, 3.8) is 0 Å². The molecule has 0 saturated heterocycles. The quantitative estimate of drug-likeness (QED) is 0.683. The Balaban J connectivity index is 2.90. The summed E-state index contributed by atoms with van der Waals surface area (Å²) in [6.45, 7) is 0. The number of fused-ring (bicyclic) bond motifs is 1. The number of thiophene rings is 1. The summed E-state index contributed by atoms with van der Waals surface area (Å²) in [5, 5.41) is 0.836. The van der Waals surface area contributed by atoms with Crippen molar-refractivity contribution in [3.05, 3.63) is 16.7 Å². The van der Waals surface area contributed by atoms with Crippen molar-refractivity contribution < 1.29 is 0 Å². The summed E-state index contributed by atoms with van der Waals surface area (Å²) in [5.74, 6) is 0.484. The van der Waals surface area contributed by atoms with Crippen LogP contribution in [-0.4, -0.2) is 9.97 Å². The van der Waals surface area contributed by atoms with Crippen molar-refractivity contribution >= 4 is 39.0 Å². The second kappa shape index (κ2) is 2.32. The van der Waals surface area contributed by atoms with Gasteiger partial charge in [0.1, 0.15) is 17.0 Å². The van der Waals surface area contributed by atoms with Crippen molar-refractivity contribution in [2.24, 2.45) is 0 Å². The van der Waals surface area contributed by atoms with Crippen LogP contribution in [0.2, 0.25) is 4.34 Å². The third kappa shape index (κ3) is 1.04. The van der Waals surface area contributed by atoms with Crippen molar-refractivity contribution in [1.29, 1.82) is 0 Å². The molecule has 2 heterocycles. The highest BCUT2D eigenvalue weighted by Crippen LogP contribution is 2.29. The molecule has 0 aromatic carbocycles. The summed E-state index contributed by atoms with van der Waals surface area (Å²) in [7, 11) is 0. The second-order valence-electron chi connectivity index (χ2n) is 2.03. The number of halogens is 1. The fraction of sp³-hybridized carbons (Fsp3) is 0. The average molecular weight is 186 g/mol. The molecule has 0 aliphatic carbocycles. The fourth-order valence-electron chi connectivity index (χ4n) is 0.844. The summed E-state index contributed by atoms with van der Waals surface area (Å²) in [6, 6.07) is 1.77. The largest absolute Gasteiger partial charge is 0.383 e. The molecule has 0 spiro atoms. The number of nitrogens with two attached hydrogens (primary N) is 1. The third-order valence-corrected chi connectivity index (χ3v) is 2.50. The van der Waals surface area contributed by atoms with Gasteiger partial charge in [0.05, 0.1) is 9.72 Å². The van der Waals surface area contributed by atoms with Gasteiger partial charge in [-0.05, 0) is 6.07 Å². The van der Waals surface area contributed by atoms with Gasteiger partial charge in [-0.25, -0.2) is 9.97 Å². The molecule has 0 unspecified atom stereocenters. The predicted octanol–water partition coefficient (Wildman–Crippen LogP) is 1.93. The Labute approximate surface area is 71.8 Å². The monoisotopic (exact) mass is 185 g/mol. The molecule has 0 saturated carbocycles. The lowest BCUT2D eigenvalue weighted by atomic mass is 10.4. The molecule has 2 rings (SSSR count). The molecule has 2 aromatic rings. The van der Waals surface area contributed by atoms with Crippen LogP contribution in [0.5, 0.6) is 0 Å². The molecule has 0 amide bonds. The predicted molar refractivity (Wildman–Crippen MR) is 46.8 cm³/mol. The molecule has 0 fully saturated rings. The Morgan fingerprint density at radius 2 is 2.27 bits per heavy atom. The van der Waals surface area contributed by atoms with Crippen LogP contribution >= 0.6 is 22.9 Å². The number of anilines is 1. The van der Waals surface area contributed by atoms with E-state index in [1.54, 1.807) is 6.07 Å². The second-order valence-corrected chi connectivity index (χ2v) is 3.69. The van der Waals surface area contributed by atoms with E-state index in [1.165, 1.54) is 17.7 Å². The Kier molecular flexibility index (Phi) is 1.44. The van der Waals surface area contributed by atoms with Gasteiger partial charge in [-0.3, -0.25) is 0 Å². The zero-order valence-electron chi connectivity index (χ0n) is 5.41. The lowest BCUT2D eigenvalue weighted by molar-refractivity contribution is 1.24. The number of aromatic nitrogens is 2. The average Bonchev–Trinajstić information content (AvgIpc) is 2.31. The van der Waals surface area contributed by atoms with Gasteiger partial charge in [0.2, 0.25) is 0 Å². The minimum atomic E-state index is 0.484. The van der Waals surface area contributed by atoms with Crippen LogP contribution in [0.3, 0.4) is 0 Å². The van der Waals surface area contributed by atoms with E-state index >= 15 is 0 Å². The molecule has 5 heteroatoms. The molecule has 11 heavy (non-hydrogen) atoms. The summed E-state index contributed by atoms with van der Waals surface area (Å²) in [6.07, 6.45) is 1.44. The highest BCUT2D eigenvalue weighted by atomic mass is 35.5. The van der Waals surface area contributed by atoms with Gasteiger partial charge in [-0.1, -0.05) is 11.6 Å². The first-order chi connectivity index (χ1) is 5.27. The highest BCUT2D eigenvalue weighted by Gasteiger charge is 2.03. The van der Waals surface area contributed by atoms with Gasteiger partial charge < -0.3 is 5.73 Å². The number of hydrogen-bond acceptors (Lipinski definition) is 4. The number of nitrogen functional groups attached to an aromatic ring is 1. The van der Waals surface area contributed by atoms with Gasteiger partial charge >= 0.3 is 0 Å². The first-order valence-electron chi connectivity index (χ1n) is 2.93. The third-order valence-electron chi connectivity index (χ3n) is 1.33. The Bertz CT molecular complexity index is 398. The number of hydrogen-bond donors (Lipinski definition) is 1. The smallest absolute Gasteiger partial charge is 0.135 e. The maximum atomic E-state index is 5.75. The van der Waals surface area contributed by atoms with Gasteiger partial charge in [0.25, 0.3) is 0 Å². The molecule has 0 radical (unpaired) electrons. The Hall–Kier alpha value is -0.870. The molecular formula is C6H4ClN3S. The van der Waals surface area contributed by atoms with E-state index in [0.29, 0.717) is 10.2 Å². The fourth-order valence-corrected chi connectivity index (χ4v) is 1.91. The Morgan fingerprint density at radius 3 is 3.00 bits per heavy atom. The highest BCUT2D eigenvalue weighted by molar-refractivity contribution is 7.22. The molecule has 2 aromatic heterocycles. The summed E-state index contributed by atoms with van der Waals surface area (Å²) < 4.78 is 0.687. The maximum Gasteiger partial charge on any atom is 0.135 e.